The average Bonchev–Trinajstić information content (AvgIpc) is 2.31. The zero-order chi connectivity index (χ0) is 16.2. The molecule has 1 amide bonds. The largest absolute Gasteiger partial charge is 0.478 e. The zero-order valence-corrected chi connectivity index (χ0v) is 14.8. The number of halogens is 1. The van der Waals surface area contributed by atoms with Gasteiger partial charge in [0, 0.05) is 12.6 Å². The molecular weight excluding hydrogens is 292 g/mol. The fraction of sp³-hybridized carbons (Fsp3) is 0.733. The summed E-state index contributed by atoms with van der Waals surface area (Å²) in [6, 6.07) is -0.903. The molecule has 5 nitrogen and oxygen atoms in total. The Balaban J connectivity index is 0. The molecule has 0 aromatic carbocycles. The van der Waals surface area contributed by atoms with Crippen LogP contribution < -0.4 is 5.73 Å². The smallest absolute Gasteiger partial charge is 0.331 e. The highest BCUT2D eigenvalue weighted by atomic mass is 35.5. The Bertz CT molecular complexity index is 400. The lowest BCUT2D eigenvalue weighted by molar-refractivity contribution is -0.136. The number of likely N-dealkylation sites (N-methyl/N-ethyl adjacent to an activating group) is 1. The van der Waals surface area contributed by atoms with Crippen LogP contribution in [-0.2, 0) is 9.59 Å². The number of amides is 1. The second-order valence-electron chi connectivity index (χ2n) is 6.68. The maximum absolute atomic E-state index is 12.4. The molecule has 0 aliphatic rings. The van der Waals surface area contributed by atoms with E-state index in [1.807, 2.05) is 34.6 Å². The van der Waals surface area contributed by atoms with Gasteiger partial charge in [-0.15, -0.1) is 12.4 Å². The van der Waals surface area contributed by atoms with Crippen LogP contribution in [0.15, 0.2) is 11.6 Å². The molecule has 0 radical (unpaired) electrons. The quantitative estimate of drug-likeness (QED) is 0.761. The summed E-state index contributed by atoms with van der Waals surface area (Å²) in [4.78, 5) is 24.9. The SMILES string of the molecule is CC(=C[C@H](C(C)C)N(C)C(=O)[C@@H](N)C(C)(C)C)C(=O)O.Cl. The van der Waals surface area contributed by atoms with Gasteiger partial charge in [0.2, 0.25) is 5.91 Å². The Morgan fingerprint density at radius 3 is 1.95 bits per heavy atom. The third-order valence-electron chi connectivity index (χ3n) is 3.44. The molecule has 0 aliphatic carbocycles. The molecule has 0 rings (SSSR count). The zero-order valence-electron chi connectivity index (χ0n) is 14.0. The van der Waals surface area contributed by atoms with Crippen molar-refractivity contribution in [1.29, 1.82) is 0 Å². The summed E-state index contributed by atoms with van der Waals surface area (Å²) in [5.41, 5.74) is 5.89. The van der Waals surface area contributed by atoms with Crippen molar-refractivity contribution < 1.29 is 14.7 Å². The van der Waals surface area contributed by atoms with Crippen molar-refractivity contribution in [2.24, 2.45) is 17.1 Å². The monoisotopic (exact) mass is 320 g/mol. The maximum Gasteiger partial charge on any atom is 0.331 e. The van der Waals surface area contributed by atoms with Crippen molar-refractivity contribution >= 4 is 24.3 Å². The van der Waals surface area contributed by atoms with Crippen molar-refractivity contribution in [3.8, 4) is 0 Å². The fourth-order valence-corrected chi connectivity index (χ4v) is 1.82. The van der Waals surface area contributed by atoms with Crippen LogP contribution in [0.2, 0.25) is 0 Å². The Morgan fingerprint density at radius 1 is 1.24 bits per heavy atom. The lowest BCUT2D eigenvalue weighted by Crippen LogP contribution is -2.52. The van der Waals surface area contributed by atoms with Gasteiger partial charge in [0.1, 0.15) is 0 Å². The Labute approximate surface area is 134 Å². The highest BCUT2D eigenvalue weighted by Crippen LogP contribution is 2.21. The van der Waals surface area contributed by atoms with E-state index in [1.54, 1.807) is 18.0 Å². The first-order valence-corrected chi connectivity index (χ1v) is 6.83. The minimum absolute atomic E-state index is 0. The van der Waals surface area contributed by atoms with Crippen molar-refractivity contribution in [3.05, 3.63) is 11.6 Å². The fourth-order valence-electron chi connectivity index (χ4n) is 1.82. The molecule has 0 fully saturated rings. The molecule has 21 heavy (non-hydrogen) atoms. The number of nitrogens with two attached hydrogens (primary N) is 1. The standard InChI is InChI=1S/C15H28N2O3.ClH/c1-9(2)11(8-10(3)14(19)20)17(7)13(18)12(16)15(4,5)6;/h8-9,11-12H,16H2,1-7H3,(H,19,20);1H/t11-,12-;/m1./s1. The summed E-state index contributed by atoms with van der Waals surface area (Å²) in [7, 11) is 1.67. The number of hydrogen-bond donors (Lipinski definition) is 2. The van der Waals surface area contributed by atoms with Crippen molar-refractivity contribution in [3.63, 3.8) is 0 Å². The van der Waals surface area contributed by atoms with Crippen LogP contribution >= 0.6 is 12.4 Å². The molecule has 0 aliphatic heterocycles. The molecule has 0 spiro atoms. The third-order valence-corrected chi connectivity index (χ3v) is 3.44. The van der Waals surface area contributed by atoms with E-state index in [0.717, 1.165) is 0 Å². The van der Waals surface area contributed by atoms with Crippen LogP contribution in [0.1, 0.15) is 41.5 Å². The number of carbonyl (C=O) groups excluding carboxylic acids is 1. The van der Waals surface area contributed by atoms with Crippen molar-refractivity contribution in [1.82, 2.24) is 4.90 Å². The molecule has 0 unspecified atom stereocenters. The van der Waals surface area contributed by atoms with E-state index in [9.17, 15) is 9.59 Å². The molecule has 6 heteroatoms. The van der Waals surface area contributed by atoms with Gasteiger partial charge in [0.15, 0.2) is 0 Å². The lowest BCUT2D eigenvalue weighted by Gasteiger charge is -2.35. The molecular formula is C15H29ClN2O3. The molecule has 0 aromatic rings. The maximum atomic E-state index is 12.4. The molecule has 0 saturated carbocycles. The second-order valence-corrected chi connectivity index (χ2v) is 6.68. The minimum atomic E-state index is -0.975. The number of carbonyl (C=O) groups is 2. The van der Waals surface area contributed by atoms with Crippen LogP contribution in [0.4, 0.5) is 0 Å². The predicted octanol–water partition coefficient (Wildman–Crippen LogP) is 2.30. The van der Waals surface area contributed by atoms with Crippen molar-refractivity contribution in [2.45, 2.75) is 53.6 Å². The summed E-state index contributed by atoms with van der Waals surface area (Å²) in [5.74, 6) is -1.05. The third kappa shape index (κ3) is 6.48. The van der Waals surface area contributed by atoms with Gasteiger partial charge in [0.05, 0.1) is 12.1 Å². The number of rotatable bonds is 5. The van der Waals surface area contributed by atoms with Gasteiger partial charge >= 0.3 is 5.97 Å². The van der Waals surface area contributed by atoms with E-state index in [-0.39, 0.29) is 41.3 Å². The molecule has 0 heterocycles. The summed E-state index contributed by atoms with van der Waals surface area (Å²) in [6.07, 6.45) is 1.61. The predicted molar refractivity (Wildman–Crippen MR) is 87.5 cm³/mol. The second kappa shape index (κ2) is 8.39. The first kappa shape index (κ1) is 22.2. The first-order chi connectivity index (χ1) is 8.89. The van der Waals surface area contributed by atoms with Crippen LogP contribution in [-0.4, -0.2) is 41.0 Å². The van der Waals surface area contributed by atoms with Crippen molar-refractivity contribution in [2.75, 3.05) is 7.05 Å². The number of hydrogen-bond acceptors (Lipinski definition) is 3. The highest BCUT2D eigenvalue weighted by molar-refractivity contribution is 5.86. The topological polar surface area (TPSA) is 83.6 Å². The summed E-state index contributed by atoms with van der Waals surface area (Å²) in [6.45, 7) is 11.1. The minimum Gasteiger partial charge on any atom is -0.478 e. The van der Waals surface area contributed by atoms with Crippen LogP contribution in [0, 0.1) is 11.3 Å². The summed E-state index contributed by atoms with van der Waals surface area (Å²) >= 11 is 0. The van der Waals surface area contributed by atoms with Gasteiger partial charge in [-0.2, -0.15) is 0 Å². The number of carboxylic acid groups (broad SMARTS) is 1. The van der Waals surface area contributed by atoms with Crippen LogP contribution in [0.3, 0.4) is 0 Å². The lowest BCUT2D eigenvalue weighted by atomic mass is 9.86. The molecule has 2 atom stereocenters. The number of aliphatic carboxylic acids is 1. The Kier molecular flexibility index (Phi) is 8.88. The molecule has 3 N–H and O–H groups in total. The Morgan fingerprint density at radius 2 is 1.67 bits per heavy atom. The van der Waals surface area contributed by atoms with Crippen LogP contribution in [0.25, 0.3) is 0 Å². The molecule has 124 valence electrons. The van der Waals surface area contributed by atoms with Gasteiger partial charge in [-0.1, -0.05) is 40.7 Å². The van der Waals surface area contributed by atoms with E-state index >= 15 is 0 Å². The van der Waals surface area contributed by atoms with Crippen LogP contribution in [0.5, 0.6) is 0 Å². The van der Waals surface area contributed by atoms with Gasteiger partial charge in [-0.25, -0.2) is 4.79 Å². The van der Waals surface area contributed by atoms with E-state index in [4.69, 9.17) is 10.8 Å². The van der Waals surface area contributed by atoms with Gasteiger partial charge < -0.3 is 15.7 Å². The highest BCUT2D eigenvalue weighted by Gasteiger charge is 2.32. The van der Waals surface area contributed by atoms with E-state index in [0.29, 0.717) is 0 Å². The number of nitrogens with zero attached hydrogens (tertiary/aromatic N) is 1. The Hall–Kier alpha value is -1.07. The average molecular weight is 321 g/mol. The first-order valence-electron chi connectivity index (χ1n) is 6.83. The molecule has 0 aromatic heterocycles. The van der Waals surface area contributed by atoms with E-state index in [1.165, 1.54) is 6.92 Å². The summed E-state index contributed by atoms with van der Waals surface area (Å²) < 4.78 is 0. The summed E-state index contributed by atoms with van der Waals surface area (Å²) in [5, 5.41) is 8.98. The van der Waals surface area contributed by atoms with E-state index < -0.39 is 12.0 Å². The van der Waals surface area contributed by atoms with E-state index in [2.05, 4.69) is 0 Å². The molecule has 0 bridgehead atoms. The normalized spacial score (nSPS) is 15.2. The number of carboxylic acids is 1. The van der Waals surface area contributed by atoms with Gasteiger partial charge in [0.25, 0.3) is 0 Å². The van der Waals surface area contributed by atoms with Gasteiger partial charge in [-0.05, 0) is 18.3 Å². The van der Waals surface area contributed by atoms with Gasteiger partial charge in [-0.3, -0.25) is 4.79 Å². The molecule has 0 saturated heterocycles.